The number of anilines is 1. The van der Waals surface area contributed by atoms with Crippen LogP contribution in [-0.2, 0) is 4.79 Å². The molecule has 114 valence electrons. The average Bonchev–Trinajstić information content (AvgIpc) is 2.44. The van der Waals surface area contributed by atoms with Crippen LogP contribution in [0.4, 0.5) is 10.5 Å². The minimum atomic E-state index is -1.18. The van der Waals surface area contributed by atoms with Gasteiger partial charge in [-0.3, -0.25) is 0 Å². The number of hydrogen-bond donors (Lipinski definition) is 4. The van der Waals surface area contributed by atoms with Crippen molar-refractivity contribution in [3.05, 3.63) is 29.8 Å². The molecule has 0 fully saturated rings. The zero-order chi connectivity index (χ0) is 16.0. The molecule has 0 radical (unpaired) electrons. The number of carbonyl (C=O) groups is 3. The Hall–Kier alpha value is -2.57. The smallest absolute Gasteiger partial charge is 0.337 e. The Balaban J connectivity index is 2.82. The molecular formula is C14H18N2O5. The molecule has 4 N–H and O–H groups in total. The Kier molecular flexibility index (Phi) is 5.71. The van der Waals surface area contributed by atoms with Gasteiger partial charge in [0.2, 0.25) is 0 Å². The minimum Gasteiger partial charge on any atom is -0.480 e. The maximum atomic E-state index is 11.8. The highest BCUT2D eigenvalue weighted by Crippen LogP contribution is 2.15. The molecular weight excluding hydrogens is 276 g/mol. The number of carbonyl (C=O) groups excluding carboxylic acids is 1. The lowest BCUT2D eigenvalue weighted by molar-refractivity contribution is -0.140. The first-order valence-corrected chi connectivity index (χ1v) is 6.49. The largest absolute Gasteiger partial charge is 0.480 e. The van der Waals surface area contributed by atoms with Crippen LogP contribution in [0.3, 0.4) is 0 Å². The summed E-state index contributed by atoms with van der Waals surface area (Å²) in [6, 6.07) is 4.10. The molecule has 2 atom stereocenters. The number of rotatable bonds is 6. The Morgan fingerprint density at radius 3 is 2.33 bits per heavy atom. The monoisotopic (exact) mass is 294 g/mol. The van der Waals surface area contributed by atoms with Crippen molar-refractivity contribution in [3.8, 4) is 0 Å². The number of aliphatic carboxylic acids is 1. The van der Waals surface area contributed by atoms with Gasteiger partial charge in [0, 0.05) is 0 Å². The molecule has 0 aliphatic heterocycles. The fourth-order valence-electron chi connectivity index (χ4n) is 1.76. The summed E-state index contributed by atoms with van der Waals surface area (Å²) < 4.78 is 0. The van der Waals surface area contributed by atoms with Gasteiger partial charge in [-0.15, -0.1) is 0 Å². The number of aromatic carboxylic acids is 1. The lowest BCUT2D eigenvalue weighted by atomic mass is 9.99. The van der Waals surface area contributed by atoms with Crippen molar-refractivity contribution in [2.24, 2.45) is 5.92 Å². The summed E-state index contributed by atoms with van der Waals surface area (Å²) in [5.74, 6) is -2.56. The maximum Gasteiger partial charge on any atom is 0.337 e. The minimum absolute atomic E-state index is 0.0666. The van der Waals surface area contributed by atoms with Crippen molar-refractivity contribution in [1.29, 1.82) is 0 Å². The number of benzene rings is 1. The predicted molar refractivity (Wildman–Crippen MR) is 76.4 cm³/mol. The van der Waals surface area contributed by atoms with Crippen LogP contribution in [0.5, 0.6) is 0 Å². The Bertz CT molecular complexity index is 544. The highest BCUT2D eigenvalue weighted by molar-refractivity contribution is 6.00. The Labute approximate surface area is 122 Å². The fraction of sp³-hybridized carbons (Fsp3) is 0.357. The van der Waals surface area contributed by atoms with Crippen molar-refractivity contribution in [3.63, 3.8) is 0 Å². The summed E-state index contributed by atoms with van der Waals surface area (Å²) in [4.78, 5) is 34.0. The second kappa shape index (κ2) is 7.28. The molecule has 0 aliphatic carbocycles. The highest BCUT2D eigenvalue weighted by atomic mass is 16.4. The Morgan fingerprint density at radius 1 is 1.19 bits per heavy atom. The number of nitrogens with one attached hydrogen (secondary N) is 2. The second-order valence-corrected chi connectivity index (χ2v) is 4.65. The van der Waals surface area contributed by atoms with Crippen molar-refractivity contribution in [2.45, 2.75) is 26.3 Å². The average molecular weight is 294 g/mol. The van der Waals surface area contributed by atoms with E-state index in [0.29, 0.717) is 6.42 Å². The lowest BCUT2D eigenvalue weighted by Gasteiger charge is -2.20. The molecule has 1 rings (SSSR count). The molecule has 0 aromatic heterocycles. The normalized spacial score (nSPS) is 13.0. The van der Waals surface area contributed by atoms with E-state index in [1.807, 2.05) is 6.92 Å². The van der Waals surface area contributed by atoms with E-state index >= 15 is 0 Å². The van der Waals surface area contributed by atoms with Gasteiger partial charge in [-0.1, -0.05) is 32.4 Å². The van der Waals surface area contributed by atoms with Crippen LogP contribution in [-0.4, -0.2) is 34.2 Å². The molecule has 2 unspecified atom stereocenters. The second-order valence-electron chi connectivity index (χ2n) is 4.65. The van der Waals surface area contributed by atoms with Crippen LogP contribution >= 0.6 is 0 Å². The van der Waals surface area contributed by atoms with Crippen LogP contribution in [0.15, 0.2) is 24.3 Å². The molecule has 7 heteroatoms. The van der Waals surface area contributed by atoms with Gasteiger partial charge < -0.3 is 20.8 Å². The van der Waals surface area contributed by atoms with E-state index in [1.54, 1.807) is 13.0 Å². The van der Waals surface area contributed by atoms with Gasteiger partial charge in [-0.2, -0.15) is 0 Å². The topological polar surface area (TPSA) is 116 Å². The SMILES string of the molecule is CCC(C)C(NC(=O)Nc1ccccc1C(=O)O)C(=O)O. The molecule has 0 heterocycles. The zero-order valence-electron chi connectivity index (χ0n) is 11.8. The summed E-state index contributed by atoms with van der Waals surface area (Å²) in [5, 5.41) is 22.8. The first-order valence-electron chi connectivity index (χ1n) is 6.49. The predicted octanol–water partition coefficient (Wildman–Crippen LogP) is 2.01. The van der Waals surface area contributed by atoms with Crippen molar-refractivity contribution in [2.75, 3.05) is 5.32 Å². The number of carboxylic acids is 2. The third kappa shape index (κ3) is 4.48. The quantitative estimate of drug-likeness (QED) is 0.640. The van der Waals surface area contributed by atoms with Gasteiger partial charge in [-0.25, -0.2) is 14.4 Å². The van der Waals surface area contributed by atoms with Gasteiger partial charge in [0.15, 0.2) is 0 Å². The van der Waals surface area contributed by atoms with Gasteiger partial charge in [-0.05, 0) is 18.1 Å². The van der Waals surface area contributed by atoms with Crippen molar-refractivity contribution in [1.82, 2.24) is 5.32 Å². The number of carboxylic acid groups (broad SMARTS) is 2. The van der Waals surface area contributed by atoms with Crippen molar-refractivity contribution >= 4 is 23.7 Å². The molecule has 21 heavy (non-hydrogen) atoms. The van der Waals surface area contributed by atoms with E-state index in [9.17, 15) is 14.4 Å². The third-order valence-electron chi connectivity index (χ3n) is 3.17. The summed E-state index contributed by atoms with van der Waals surface area (Å²) in [6.07, 6.45) is 0.586. The summed E-state index contributed by atoms with van der Waals surface area (Å²) in [5.41, 5.74) is 0.0406. The summed E-state index contributed by atoms with van der Waals surface area (Å²) in [6.45, 7) is 3.53. The van der Waals surface area contributed by atoms with E-state index in [4.69, 9.17) is 10.2 Å². The van der Waals surface area contributed by atoms with Crippen LogP contribution in [0.1, 0.15) is 30.6 Å². The molecule has 0 saturated carbocycles. The van der Waals surface area contributed by atoms with Gasteiger partial charge >= 0.3 is 18.0 Å². The van der Waals surface area contributed by atoms with Crippen LogP contribution < -0.4 is 10.6 Å². The van der Waals surface area contributed by atoms with E-state index < -0.39 is 24.0 Å². The molecule has 1 aromatic rings. The lowest BCUT2D eigenvalue weighted by Crippen LogP contribution is -2.46. The van der Waals surface area contributed by atoms with Gasteiger partial charge in [0.1, 0.15) is 6.04 Å². The number of amides is 2. The molecule has 7 nitrogen and oxygen atoms in total. The standard InChI is InChI=1S/C14H18N2O5/c1-3-8(2)11(13(19)20)16-14(21)15-10-7-5-4-6-9(10)12(17)18/h4-8,11H,3H2,1-2H3,(H,17,18)(H,19,20)(H2,15,16,21). The van der Waals surface area contributed by atoms with E-state index in [0.717, 1.165) is 0 Å². The zero-order valence-corrected chi connectivity index (χ0v) is 11.8. The van der Waals surface area contributed by atoms with Gasteiger partial charge in [0.25, 0.3) is 0 Å². The molecule has 0 saturated heterocycles. The fourth-order valence-corrected chi connectivity index (χ4v) is 1.76. The van der Waals surface area contributed by atoms with E-state index in [-0.39, 0.29) is 17.2 Å². The molecule has 0 bridgehead atoms. The van der Waals surface area contributed by atoms with E-state index in [2.05, 4.69) is 10.6 Å². The maximum absolute atomic E-state index is 11.8. The van der Waals surface area contributed by atoms with Crippen LogP contribution in [0, 0.1) is 5.92 Å². The number of urea groups is 1. The Morgan fingerprint density at radius 2 is 1.81 bits per heavy atom. The van der Waals surface area contributed by atoms with Crippen molar-refractivity contribution < 1.29 is 24.6 Å². The number of para-hydroxylation sites is 1. The molecule has 0 spiro atoms. The highest BCUT2D eigenvalue weighted by Gasteiger charge is 2.25. The molecule has 1 aromatic carbocycles. The first kappa shape index (κ1) is 16.5. The van der Waals surface area contributed by atoms with Crippen LogP contribution in [0.25, 0.3) is 0 Å². The molecule has 2 amide bonds. The van der Waals surface area contributed by atoms with Crippen LogP contribution in [0.2, 0.25) is 0 Å². The number of hydrogen-bond acceptors (Lipinski definition) is 3. The molecule has 0 aliphatic rings. The van der Waals surface area contributed by atoms with Gasteiger partial charge in [0.05, 0.1) is 11.3 Å². The summed E-state index contributed by atoms with van der Waals surface area (Å²) >= 11 is 0. The summed E-state index contributed by atoms with van der Waals surface area (Å²) in [7, 11) is 0. The first-order chi connectivity index (χ1) is 9.86. The van der Waals surface area contributed by atoms with E-state index in [1.165, 1.54) is 18.2 Å². The third-order valence-corrected chi connectivity index (χ3v) is 3.17.